The van der Waals surface area contributed by atoms with E-state index >= 15 is 0 Å². The Balaban J connectivity index is 0.000000322. The maximum atomic E-state index is 9.75. The molecule has 0 spiro atoms. The second-order valence-corrected chi connectivity index (χ2v) is 17.3. The zero-order valence-electron chi connectivity index (χ0n) is 13.9. The van der Waals surface area contributed by atoms with Crippen molar-refractivity contribution in [2.24, 2.45) is 0 Å². The SMILES string of the molecule is C[Si](C)(C)[C]1[CH][CH][CH][CH]1.C[Si](C)(C)[C]1[CH][CH][CH][CH]1.[F][Ti][F]. The molecule has 5 heteroatoms. The topological polar surface area (TPSA) is 0 Å². The van der Waals surface area contributed by atoms with Gasteiger partial charge in [-0.15, -0.1) is 0 Å². The van der Waals surface area contributed by atoms with Crippen LogP contribution in [0.2, 0.25) is 39.3 Å². The van der Waals surface area contributed by atoms with Crippen molar-refractivity contribution in [1.29, 1.82) is 0 Å². The number of halogens is 2. The summed E-state index contributed by atoms with van der Waals surface area (Å²) in [5.74, 6) is 0. The van der Waals surface area contributed by atoms with Crippen molar-refractivity contribution in [3.63, 3.8) is 0 Å². The molecule has 0 amide bonds. The zero-order chi connectivity index (χ0) is 16.5. The van der Waals surface area contributed by atoms with Crippen LogP contribution in [-0.2, 0) is 20.2 Å². The first-order valence-electron chi connectivity index (χ1n) is 7.03. The van der Waals surface area contributed by atoms with Gasteiger partial charge in [0.2, 0.25) is 0 Å². The minimum atomic E-state index is -2.50. The van der Waals surface area contributed by atoms with E-state index in [4.69, 9.17) is 0 Å². The van der Waals surface area contributed by atoms with E-state index in [0.717, 1.165) is 0 Å². The Morgan fingerprint density at radius 1 is 0.619 bits per heavy atom. The molecule has 0 atom stereocenters. The fraction of sp³-hybridized carbons (Fsp3) is 0.375. The van der Waals surface area contributed by atoms with Crippen molar-refractivity contribution in [3.8, 4) is 0 Å². The fourth-order valence-corrected chi connectivity index (χ4v) is 4.13. The first-order chi connectivity index (χ1) is 9.62. The number of rotatable bonds is 2. The van der Waals surface area contributed by atoms with Gasteiger partial charge in [0.25, 0.3) is 0 Å². The molecule has 21 heavy (non-hydrogen) atoms. The first kappa shape index (κ1) is 22.0. The molecule has 2 saturated carbocycles. The summed E-state index contributed by atoms with van der Waals surface area (Å²) in [5.41, 5.74) is 3.12. The van der Waals surface area contributed by atoms with Crippen molar-refractivity contribution in [2.45, 2.75) is 39.3 Å². The summed E-state index contributed by atoms with van der Waals surface area (Å²) in [6.45, 7) is 14.2. The van der Waals surface area contributed by atoms with Crippen LogP contribution in [-0.4, -0.2) is 16.1 Å². The van der Waals surface area contributed by atoms with E-state index in [1.165, 1.54) is 0 Å². The van der Waals surface area contributed by atoms with E-state index in [-0.39, 0.29) is 0 Å². The van der Waals surface area contributed by atoms with Crippen molar-refractivity contribution in [2.75, 3.05) is 0 Å². The van der Waals surface area contributed by atoms with Crippen LogP contribution in [0.25, 0.3) is 0 Å². The van der Waals surface area contributed by atoms with Gasteiger partial charge >= 0.3 is 26.4 Å². The number of hydrogen-bond donors (Lipinski definition) is 0. The predicted molar refractivity (Wildman–Crippen MR) is 89.8 cm³/mol. The van der Waals surface area contributed by atoms with Gasteiger partial charge in [0.05, 0.1) is 16.1 Å². The molecule has 0 nitrogen and oxygen atoms in total. The molecule has 0 heterocycles. The summed E-state index contributed by atoms with van der Waals surface area (Å²) in [7, 11) is -1.96. The Morgan fingerprint density at radius 3 is 0.905 bits per heavy atom. The molecule has 0 aromatic rings. The van der Waals surface area contributed by atoms with Crippen LogP contribution in [0.15, 0.2) is 0 Å². The third kappa shape index (κ3) is 10.4. The molecular weight excluding hydrogens is 334 g/mol. The Kier molecular flexibility index (Phi) is 11.2. The van der Waals surface area contributed by atoms with Crippen LogP contribution >= 0.6 is 0 Å². The monoisotopic (exact) mass is 360 g/mol. The van der Waals surface area contributed by atoms with Crippen molar-refractivity contribution in [1.82, 2.24) is 0 Å². The summed E-state index contributed by atoms with van der Waals surface area (Å²) >= 11 is -2.50. The third-order valence-electron chi connectivity index (χ3n) is 3.06. The van der Waals surface area contributed by atoms with Gasteiger partial charge in [-0.25, -0.2) is 0 Å². The van der Waals surface area contributed by atoms with Gasteiger partial charge in [-0.3, -0.25) is 0 Å². The van der Waals surface area contributed by atoms with E-state index in [1.807, 2.05) is 0 Å². The normalized spacial score (nSPS) is 20.4. The van der Waals surface area contributed by atoms with Crippen molar-refractivity contribution >= 4 is 16.1 Å². The molecule has 10 radical (unpaired) electrons. The van der Waals surface area contributed by atoms with Gasteiger partial charge in [-0.1, -0.05) is 39.3 Å². The Hall–Kier alpha value is 1.01. The molecule has 2 fully saturated rings. The van der Waals surface area contributed by atoms with Crippen LogP contribution in [0.4, 0.5) is 6.18 Å². The molecule has 0 bridgehead atoms. The Labute approximate surface area is 144 Å². The minimum absolute atomic E-state index is 0.981. The molecule has 2 rings (SSSR count). The molecular formula is C16H26F2Si2Ti. The van der Waals surface area contributed by atoms with E-state index in [0.29, 0.717) is 0 Å². The first-order valence-corrected chi connectivity index (χ1v) is 15.2. The quantitative estimate of drug-likeness (QED) is 0.580. The van der Waals surface area contributed by atoms with Crippen LogP contribution in [0.5, 0.6) is 0 Å². The van der Waals surface area contributed by atoms with Crippen molar-refractivity contribution < 1.29 is 26.4 Å². The molecule has 116 valence electrons. The van der Waals surface area contributed by atoms with Gasteiger partial charge < -0.3 is 0 Å². The summed E-state index contributed by atoms with van der Waals surface area (Å²) in [6.07, 6.45) is 17.4. The molecule has 0 saturated heterocycles. The van der Waals surface area contributed by atoms with E-state index in [9.17, 15) is 6.18 Å². The summed E-state index contributed by atoms with van der Waals surface area (Å²) in [6, 6.07) is 0. The van der Waals surface area contributed by atoms with Crippen LogP contribution in [0.3, 0.4) is 0 Å². The molecule has 0 N–H and O–H groups in total. The molecule has 2 aliphatic rings. The third-order valence-corrected chi connectivity index (χ3v) is 7.19. The molecule has 2 aliphatic carbocycles. The maximum absolute atomic E-state index is 9.75. The second kappa shape index (κ2) is 10.7. The molecule has 0 aliphatic heterocycles. The summed E-state index contributed by atoms with van der Waals surface area (Å²) in [5, 5.41) is 0. The Morgan fingerprint density at radius 2 is 0.810 bits per heavy atom. The summed E-state index contributed by atoms with van der Waals surface area (Å²) < 4.78 is 19.5. The summed E-state index contributed by atoms with van der Waals surface area (Å²) in [4.78, 5) is 0. The van der Waals surface area contributed by atoms with E-state index in [2.05, 4.69) is 90.6 Å². The fourth-order valence-electron chi connectivity index (χ4n) is 1.75. The molecule has 0 unspecified atom stereocenters. The van der Waals surface area contributed by atoms with Crippen molar-refractivity contribution in [3.05, 3.63) is 62.4 Å². The molecule has 0 aromatic carbocycles. The van der Waals surface area contributed by atoms with Crippen LogP contribution in [0.1, 0.15) is 0 Å². The second-order valence-electron chi connectivity index (χ2n) is 6.92. The van der Waals surface area contributed by atoms with Gasteiger partial charge in [-0.05, 0) is 62.4 Å². The van der Waals surface area contributed by atoms with Gasteiger partial charge in [0.15, 0.2) is 0 Å². The van der Waals surface area contributed by atoms with E-state index < -0.39 is 36.4 Å². The van der Waals surface area contributed by atoms with E-state index in [1.54, 1.807) is 11.1 Å². The van der Waals surface area contributed by atoms with Gasteiger partial charge in [0.1, 0.15) is 0 Å². The average Bonchev–Trinajstić information content (AvgIpc) is 3.03. The number of hydrogen-bond acceptors (Lipinski definition) is 0. The average molecular weight is 360 g/mol. The standard InChI is InChI=1S/2C8H13Si.2FH.Ti/c2*1-9(2,3)8-6-4-5-7-8;;;/h2*4-7H,1-3H3;2*1H;/q;;;;+2/p-2. The van der Waals surface area contributed by atoms with Crippen LogP contribution in [0, 0.1) is 62.4 Å². The van der Waals surface area contributed by atoms with Crippen LogP contribution < -0.4 is 0 Å². The zero-order valence-corrected chi connectivity index (χ0v) is 17.4. The Bertz CT molecular complexity index is 224. The predicted octanol–water partition coefficient (Wildman–Crippen LogP) is 5.38. The van der Waals surface area contributed by atoms with Gasteiger partial charge in [0, 0.05) is 0 Å². The van der Waals surface area contributed by atoms with Gasteiger partial charge in [-0.2, -0.15) is 0 Å². The molecule has 0 aromatic heterocycles.